The van der Waals surface area contributed by atoms with Gasteiger partial charge in [0.25, 0.3) is 0 Å². The number of hydrogen-bond acceptors (Lipinski definition) is 5. The smallest absolute Gasteiger partial charge is 0.171 e. The number of aromatic nitrogens is 2. The zero-order chi connectivity index (χ0) is 23.7. The van der Waals surface area contributed by atoms with Crippen LogP contribution in [0.2, 0.25) is 5.02 Å². The van der Waals surface area contributed by atoms with E-state index in [-0.39, 0.29) is 6.04 Å². The third-order valence-electron chi connectivity index (χ3n) is 6.40. The van der Waals surface area contributed by atoms with Gasteiger partial charge in [-0.1, -0.05) is 28.9 Å². The molecular weight excluding hydrogens is 448 g/mol. The van der Waals surface area contributed by atoms with Crippen molar-refractivity contribution in [3.8, 4) is 11.4 Å². The van der Waals surface area contributed by atoms with Crippen LogP contribution < -0.4 is 4.74 Å². The highest BCUT2D eigenvalue weighted by molar-refractivity contribution is 6.30. The summed E-state index contributed by atoms with van der Waals surface area (Å²) in [5.41, 5.74) is 6.54. The highest BCUT2D eigenvalue weighted by atomic mass is 35.5. The van der Waals surface area contributed by atoms with Gasteiger partial charge in [-0.15, -0.1) is 0 Å². The zero-order valence-electron chi connectivity index (χ0n) is 19.8. The number of oxime groups is 1. The molecule has 1 unspecified atom stereocenters. The molecule has 7 heteroatoms. The highest BCUT2D eigenvalue weighted by Gasteiger charge is 2.31. The molecule has 2 aliphatic heterocycles. The molecule has 1 aromatic heterocycles. The first-order chi connectivity index (χ1) is 16.5. The Morgan fingerprint density at radius 3 is 2.82 bits per heavy atom. The summed E-state index contributed by atoms with van der Waals surface area (Å²) in [5, 5.41) is 5.32. The Hall–Kier alpha value is -3.25. The van der Waals surface area contributed by atoms with E-state index < -0.39 is 0 Å². The summed E-state index contributed by atoms with van der Waals surface area (Å²) in [6.45, 7) is 5.58. The second-order valence-electron chi connectivity index (χ2n) is 8.93. The molecule has 0 amide bonds. The van der Waals surface area contributed by atoms with Crippen molar-refractivity contribution < 1.29 is 9.57 Å². The first kappa shape index (κ1) is 22.5. The number of hydrogen-bond donors (Lipinski definition) is 0. The van der Waals surface area contributed by atoms with Gasteiger partial charge >= 0.3 is 0 Å². The van der Waals surface area contributed by atoms with E-state index in [1.54, 1.807) is 13.4 Å². The van der Waals surface area contributed by atoms with Crippen LogP contribution in [0.5, 0.6) is 5.75 Å². The second kappa shape index (κ2) is 9.55. The van der Waals surface area contributed by atoms with Gasteiger partial charge in [0, 0.05) is 24.2 Å². The number of fused-ring (bicyclic) bond motifs is 1. The molecule has 6 nitrogen and oxygen atoms in total. The third kappa shape index (κ3) is 4.55. The van der Waals surface area contributed by atoms with E-state index in [0.717, 1.165) is 59.4 Å². The normalized spacial score (nSPS) is 19.3. The van der Waals surface area contributed by atoms with Crippen LogP contribution in [0, 0.1) is 13.8 Å². The number of piperidine rings is 1. The standard InChI is InChI=1S/C27H29ClN4O2/c1-18-11-22(15-23(28)12-18)24-8-10-34-30-27-21(5-4-9-32(24)27)13-20-6-7-25(26(14-20)33-3)31-16-19(2)29-17-31/h6-7,11-17,24H,4-5,8-10H2,1-3H3/b21-13+. The number of methoxy groups -OCH3 is 1. The van der Waals surface area contributed by atoms with Crippen LogP contribution in [-0.2, 0) is 4.84 Å². The van der Waals surface area contributed by atoms with Crippen molar-refractivity contribution in [3.05, 3.63) is 81.9 Å². The topological polar surface area (TPSA) is 51.9 Å². The Bertz CT molecular complexity index is 1240. The number of imidazole rings is 1. The molecule has 0 N–H and O–H groups in total. The van der Waals surface area contributed by atoms with Gasteiger partial charge in [0.1, 0.15) is 12.4 Å². The Kier molecular flexibility index (Phi) is 6.33. The van der Waals surface area contributed by atoms with E-state index in [1.165, 1.54) is 16.7 Å². The molecule has 3 aromatic rings. The van der Waals surface area contributed by atoms with Crippen molar-refractivity contribution in [2.24, 2.45) is 5.16 Å². The lowest BCUT2D eigenvalue weighted by Crippen LogP contribution is -2.39. The minimum Gasteiger partial charge on any atom is -0.495 e. The fourth-order valence-corrected chi connectivity index (χ4v) is 5.17. The van der Waals surface area contributed by atoms with E-state index in [2.05, 4.69) is 58.4 Å². The Balaban J connectivity index is 1.48. The van der Waals surface area contributed by atoms with Crippen LogP contribution in [0.4, 0.5) is 0 Å². The van der Waals surface area contributed by atoms with Gasteiger partial charge in [-0.3, -0.25) is 0 Å². The van der Waals surface area contributed by atoms with E-state index in [0.29, 0.717) is 6.61 Å². The maximum Gasteiger partial charge on any atom is 0.171 e. The van der Waals surface area contributed by atoms with Gasteiger partial charge in [-0.25, -0.2) is 4.98 Å². The van der Waals surface area contributed by atoms with Gasteiger partial charge in [-0.05, 0) is 79.3 Å². The van der Waals surface area contributed by atoms with Crippen LogP contribution >= 0.6 is 11.6 Å². The summed E-state index contributed by atoms with van der Waals surface area (Å²) in [6.07, 6.45) is 8.87. The van der Waals surface area contributed by atoms with Gasteiger partial charge in [0.15, 0.2) is 5.84 Å². The van der Waals surface area contributed by atoms with Crippen molar-refractivity contribution >= 4 is 23.5 Å². The number of halogens is 1. The van der Waals surface area contributed by atoms with Crippen molar-refractivity contribution in [1.82, 2.24) is 14.5 Å². The molecule has 0 saturated carbocycles. The predicted octanol–water partition coefficient (Wildman–Crippen LogP) is 6.11. The maximum atomic E-state index is 6.40. The predicted molar refractivity (Wildman–Crippen MR) is 136 cm³/mol. The molecule has 2 aliphatic rings. The third-order valence-corrected chi connectivity index (χ3v) is 6.62. The van der Waals surface area contributed by atoms with Crippen molar-refractivity contribution in [1.29, 1.82) is 0 Å². The average Bonchev–Trinajstić information content (AvgIpc) is 3.12. The number of amidine groups is 1. The van der Waals surface area contributed by atoms with Gasteiger partial charge < -0.3 is 19.0 Å². The summed E-state index contributed by atoms with van der Waals surface area (Å²) >= 11 is 6.40. The monoisotopic (exact) mass is 476 g/mol. The number of ether oxygens (including phenoxy) is 1. The molecule has 1 fully saturated rings. The minimum atomic E-state index is 0.184. The summed E-state index contributed by atoms with van der Waals surface area (Å²) in [5.74, 6) is 1.71. The number of rotatable bonds is 4. The molecule has 0 radical (unpaired) electrons. The molecule has 1 atom stereocenters. The molecule has 176 valence electrons. The Morgan fingerprint density at radius 2 is 2.06 bits per heavy atom. The Labute approximate surface area is 205 Å². The number of aryl methyl sites for hydroxylation is 2. The number of benzene rings is 2. The lowest BCUT2D eigenvalue weighted by Gasteiger charge is -2.36. The fraction of sp³-hybridized carbons (Fsp3) is 0.333. The quantitative estimate of drug-likeness (QED) is 0.456. The first-order valence-electron chi connectivity index (χ1n) is 11.7. The highest BCUT2D eigenvalue weighted by Crippen LogP contribution is 2.35. The molecule has 2 aromatic carbocycles. The van der Waals surface area contributed by atoms with Gasteiger partial charge in [0.05, 0.1) is 30.9 Å². The molecular formula is C27H29ClN4O2. The second-order valence-corrected chi connectivity index (χ2v) is 9.37. The van der Waals surface area contributed by atoms with E-state index in [9.17, 15) is 0 Å². The molecule has 34 heavy (non-hydrogen) atoms. The van der Waals surface area contributed by atoms with Gasteiger partial charge in [0.2, 0.25) is 0 Å². The summed E-state index contributed by atoms with van der Waals surface area (Å²) in [6, 6.07) is 12.7. The molecule has 0 bridgehead atoms. The Morgan fingerprint density at radius 1 is 1.18 bits per heavy atom. The fourth-order valence-electron chi connectivity index (χ4n) is 4.88. The molecule has 1 saturated heterocycles. The van der Waals surface area contributed by atoms with Crippen LogP contribution in [-0.4, -0.2) is 40.5 Å². The van der Waals surface area contributed by atoms with Crippen LogP contribution in [0.15, 0.2) is 59.7 Å². The summed E-state index contributed by atoms with van der Waals surface area (Å²) in [4.78, 5) is 12.4. The average molecular weight is 477 g/mol. The van der Waals surface area contributed by atoms with Crippen molar-refractivity contribution in [2.45, 2.75) is 39.2 Å². The van der Waals surface area contributed by atoms with Crippen molar-refractivity contribution in [3.63, 3.8) is 0 Å². The SMILES string of the molecule is COc1cc(/C=C2\CCCN3C2=NOCCC3c2cc(C)cc(Cl)c2)ccc1-n1cnc(C)c1. The molecule has 0 aliphatic carbocycles. The molecule has 3 heterocycles. The van der Waals surface area contributed by atoms with E-state index >= 15 is 0 Å². The lowest BCUT2D eigenvalue weighted by atomic mass is 9.94. The van der Waals surface area contributed by atoms with Crippen molar-refractivity contribution in [2.75, 3.05) is 20.3 Å². The molecule has 5 rings (SSSR count). The zero-order valence-corrected chi connectivity index (χ0v) is 20.5. The lowest BCUT2D eigenvalue weighted by molar-refractivity contribution is 0.140. The van der Waals surface area contributed by atoms with E-state index in [1.807, 2.05) is 23.8 Å². The first-order valence-corrected chi connectivity index (χ1v) is 12.0. The van der Waals surface area contributed by atoms with Gasteiger partial charge in [-0.2, -0.15) is 0 Å². The number of nitrogens with zero attached hydrogens (tertiary/aromatic N) is 4. The summed E-state index contributed by atoms with van der Waals surface area (Å²) in [7, 11) is 1.70. The minimum absolute atomic E-state index is 0.184. The van der Waals surface area contributed by atoms with Crippen LogP contribution in [0.1, 0.15) is 47.7 Å². The summed E-state index contributed by atoms with van der Waals surface area (Å²) < 4.78 is 7.69. The van der Waals surface area contributed by atoms with E-state index in [4.69, 9.17) is 21.2 Å². The largest absolute Gasteiger partial charge is 0.495 e. The van der Waals surface area contributed by atoms with Crippen LogP contribution in [0.3, 0.4) is 0 Å². The van der Waals surface area contributed by atoms with Crippen LogP contribution in [0.25, 0.3) is 11.8 Å². The molecule has 0 spiro atoms. The maximum absolute atomic E-state index is 6.40.